The van der Waals surface area contributed by atoms with Crippen LogP contribution in [0.15, 0.2) is 29.2 Å². The lowest BCUT2D eigenvalue weighted by Gasteiger charge is -2.38. The molecule has 7 nitrogen and oxygen atoms in total. The average Bonchev–Trinajstić information content (AvgIpc) is 3.10. The highest BCUT2D eigenvalue weighted by Crippen LogP contribution is 2.37. The number of carbonyl (C=O) groups is 1. The van der Waals surface area contributed by atoms with Gasteiger partial charge in [-0.2, -0.15) is 0 Å². The maximum atomic E-state index is 12.8. The molecule has 0 aromatic heterocycles. The smallest absolute Gasteiger partial charge is 0.253 e. The van der Waals surface area contributed by atoms with E-state index in [0.29, 0.717) is 17.6 Å². The highest BCUT2D eigenvalue weighted by molar-refractivity contribution is 7.89. The van der Waals surface area contributed by atoms with E-state index in [4.69, 9.17) is 4.74 Å². The first-order valence-corrected chi connectivity index (χ1v) is 10.5. The van der Waals surface area contributed by atoms with Gasteiger partial charge in [-0.15, -0.1) is 12.4 Å². The Morgan fingerprint density at radius 1 is 1.30 bits per heavy atom. The number of methoxy groups -OCH3 is 1. The number of ether oxygens (including phenoxy) is 1. The number of hydrogen-bond acceptors (Lipinski definition) is 5. The number of halogens is 1. The fraction of sp³-hybridized carbons (Fsp3) is 0.611. The van der Waals surface area contributed by atoms with E-state index >= 15 is 0 Å². The lowest BCUT2D eigenvalue weighted by Crippen LogP contribution is -2.44. The fourth-order valence-electron chi connectivity index (χ4n) is 3.75. The first-order valence-electron chi connectivity index (χ1n) is 9.04. The third-order valence-electron chi connectivity index (χ3n) is 5.43. The van der Waals surface area contributed by atoms with Crippen molar-refractivity contribution in [3.63, 3.8) is 0 Å². The van der Waals surface area contributed by atoms with E-state index in [9.17, 15) is 13.2 Å². The summed E-state index contributed by atoms with van der Waals surface area (Å²) in [6, 6.07) is 6.25. The molecule has 2 heterocycles. The first-order chi connectivity index (χ1) is 12.5. The zero-order chi connectivity index (χ0) is 18.6. The molecule has 0 aliphatic carbocycles. The molecule has 1 aromatic carbocycles. The van der Waals surface area contributed by atoms with Crippen LogP contribution in [0.3, 0.4) is 0 Å². The summed E-state index contributed by atoms with van der Waals surface area (Å²) >= 11 is 0. The van der Waals surface area contributed by atoms with Gasteiger partial charge in [-0.3, -0.25) is 4.79 Å². The molecule has 27 heavy (non-hydrogen) atoms. The minimum absolute atomic E-state index is 0. The van der Waals surface area contributed by atoms with Crippen molar-refractivity contribution in [1.29, 1.82) is 0 Å². The van der Waals surface area contributed by atoms with Crippen molar-refractivity contribution in [1.82, 2.24) is 14.9 Å². The molecule has 1 amide bonds. The molecule has 0 atom stereocenters. The average molecular weight is 418 g/mol. The Balaban J connectivity index is 0.00000261. The Hall–Kier alpha value is -1.19. The van der Waals surface area contributed by atoms with Crippen molar-refractivity contribution in [3.8, 4) is 0 Å². The van der Waals surface area contributed by atoms with Crippen LogP contribution in [0, 0.1) is 5.41 Å². The number of amides is 1. The monoisotopic (exact) mass is 417 g/mol. The van der Waals surface area contributed by atoms with Crippen LogP contribution in [0.4, 0.5) is 0 Å². The summed E-state index contributed by atoms with van der Waals surface area (Å²) in [4.78, 5) is 14.8. The minimum Gasteiger partial charge on any atom is -0.383 e. The van der Waals surface area contributed by atoms with Crippen LogP contribution in [0.2, 0.25) is 0 Å². The van der Waals surface area contributed by atoms with Crippen molar-refractivity contribution >= 4 is 28.3 Å². The third-order valence-corrected chi connectivity index (χ3v) is 6.89. The zero-order valence-corrected chi connectivity index (χ0v) is 17.2. The highest BCUT2D eigenvalue weighted by atomic mass is 35.5. The summed E-state index contributed by atoms with van der Waals surface area (Å²) in [6.45, 7) is 4.04. The fourth-order valence-corrected chi connectivity index (χ4v) is 4.81. The number of benzene rings is 1. The number of rotatable bonds is 6. The quantitative estimate of drug-likeness (QED) is 0.680. The molecule has 2 saturated heterocycles. The van der Waals surface area contributed by atoms with Gasteiger partial charge in [0.05, 0.1) is 11.5 Å². The van der Waals surface area contributed by atoms with Crippen LogP contribution in [0.25, 0.3) is 0 Å². The third kappa shape index (κ3) is 5.20. The molecule has 2 aliphatic heterocycles. The summed E-state index contributed by atoms with van der Waals surface area (Å²) in [5.74, 6) is -0.0975. The number of carbonyl (C=O) groups excluding carboxylic acids is 1. The lowest BCUT2D eigenvalue weighted by molar-refractivity contribution is 0.0607. The van der Waals surface area contributed by atoms with Crippen LogP contribution in [-0.4, -0.2) is 65.7 Å². The second kappa shape index (κ2) is 9.34. The van der Waals surface area contributed by atoms with Crippen LogP contribution < -0.4 is 10.0 Å². The predicted molar refractivity (Wildman–Crippen MR) is 106 cm³/mol. The van der Waals surface area contributed by atoms with E-state index < -0.39 is 10.0 Å². The molecule has 3 rings (SSSR count). The number of likely N-dealkylation sites (tertiary alicyclic amines) is 1. The molecule has 2 aliphatic rings. The molecule has 0 bridgehead atoms. The maximum absolute atomic E-state index is 12.8. The molecular formula is C18H28ClN3O4S. The normalized spacial score (nSPS) is 19.1. The number of nitrogens with one attached hydrogen (secondary N) is 2. The second-order valence-electron chi connectivity index (χ2n) is 7.14. The van der Waals surface area contributed by atoms with Gasteiger partial charge in [-0.05, 0) is 49.4 Å². The van der Waals surface area contributed by atoms with Crippen LogP contribution in [-0.2, 0) is 14.8 Å². The zero-order valence-electron chi connectivity index (χ0n) is 15.6. The van der Waals surface area contributed by atoms with Crippen molar-refractivity contribution in [2.75, 3.05) is 46.4 Å². The minimum atomic E-state index is -3.65. The van der Waals surface area contributed by atoms with Crippen molar-refractivity contribution < 1.29 is 17.9 Å². The van der Waals surface area contributed by atoms with Gasteiger partial charge in [0.25, 0.3) is 5.91 Å². The molecule has 1 aromatic rings. The molecule has 152 valence electrons. The molecular weight excluding hydrogens is 390 g/mol. The predicted octanol–water partition coefficient (Wildman–Crippen LogP) is 1.25. The molecule has 0 radical (unpaired) electrons. The molecule has 2 N–H and O–H groups in total. The highest BCUT2D eigenvalue weighted by Gasteiger charge is 2.38. The number of nitrogens with zero attached hydrogens (tertiary/aromatic N) is 1. The molecule has 1 spiro atoms. The standard InChI is InChI=1S/C18H27N3O4S.ClH/c1-25-12-9-20-26(23,24)16-4-2-3-15(13-16)17(22)21-10-6-18(7-11-21)5-8-19-14-18;/h2-4,13,19-20H,5-12,14H2,1H3;1H. The first kappa shape index (κ1) is 22.1. The topological polar surface area (TPSA) is 87.7 Å². The molecule has 0 saturated carbocycles. The van der Waals surface area contributed by atoms with Gasteiger partial charge in [0, 0.05) is 38.9 Å². The number of piperidine rings is 1. The van der Waals surface area contributed by atoms with Crippen LogP contribution in [0.1, 0.15) is 29.6 Å². The molecule has 9 heteroatoms. The van der Waals surface area contributed by atoms with E-state index in [2.05, 4.69) is 10.0 Å². The van der Waals surface area contributed by atoms with E-state index in [0.717, 1.165) is 39.0 Å². The van der Waals surface area contributed by atoms with Crippen molar-refractivity contribution in [3.05, 3.63) is 29.8 Å². The summed E-state index contributed by atoms with van der Waals surface area (Å²) in [7, 11) is -2.13. The number of sulfonamides is 1. The van der Waals surface area contributed by atoms with Crippen molar-refractivity contribution in [2.45, 2.75) is 24.2 Å². The van der Waals surface area contributed by atoms with E-state index in [1.165, 1.54) is 25.7 Å². The van der Waals surface area contributed by atoms with E-state index in [1.54, 1.807) is 12.1 Å². The van der Waals surface area contributed by atoms with E-state index in [-0.39, 0.29) is 29.8 Å². The van der Waals surface area contributed by atoms with Gasteiger partial charge >= 0.3 is 0 Å². The van der Waals surface area contributed by atoms with Crippen LogP contribution in [0.5, 0.6) is 0 Å². The van der Waals surface area contributed by atoms with E-state index in [1.807, 2.05) is 4.90 Å². The SMILES string of the molecule is COCCNS(=O)(=O)c1cccc(C(=O)N2CCC3(CCNC3)CC2)c1.Cl. The van der Waals surface area contributed by atoms with Crippen molar-refractivity contribution in [2.24, 2.45) is 5.41 Å². The Bertz CT molecular complexity index is 741. The van der Waals surface area contributed by atoms with Gasteiger partial charge in [0.15, 0.2) is 0 Å². The summed E-state index contributed by atoms with van der Waals surface area (Å²) in [5.41, 5.74) is 0.757. The summed E-state index contributed by atoms with van der Waals surface area (Å²) in [5, 5.41) is 3.42. The lowest BCUT2D eigenvalue weighted by atomic mass is 9.78. The Morgan fingerprint density at radius 3 is 2.67 bits per heavy atom. The summed E-state index contributed by atoms with van der Waals surface area (Å²) in [6.07, 6.45) is 3.18. The maximum Gasteiger partial charge on any atom is 0.253 e. The Kier molecular flexibility index (Phi) is 7.64. The Morgan fingerprint density at radius 2 is 2.04 bits per heavy atom. The van der Waals surface area contributed by atoms with Gasteiger partial charge in [0.1, 0.15) is 0 Å². The number of hydrogen-bond donors (Lipinski definition) is 2. The van der Waals surface area contributed by atoms with Gasteiger partial charge in [0.2, 0.25) is 10.0 Å². The van der Waals surface area contributed by atoms with Gasteiger partial charge in [-0.1, -0.05) is 6.07 Å². The van der Waals surface area contributed by atoms with Gasteiger partial charge in [-0.25, -0.2) is 13.1 Å². The molecule has 0 unspecified atom stereocenters. The van der Waals surface area contributed by atoms with Gasteiger partial charge < -0.3 is 15.0 Å². The van der Waals surface area contributed by atoms with Crippen LogP contribution >= 0.6 is 12.4 Å². The second-order valence-corrected chi connectivity index (χ2v) is 8.90. The Labute approximate surface area is 167 Å². The molecule has 2 fully saturated rings. The largest absolute Gasteiger partial charge is 0.383 e. The summed E-state index contributed by atoms with van der Waals surface area (Å²) < 4.78 is 32.0.